The monoisotopic (exact) mass is 230 g/mol. The minimum absolute atomic E-state index is 0.468. The van der Waals surface area contributed by atoms with Gasteiger partial charge in [-0.25, -0.2) is 9.97 Å². The number of rotatable bonds is 0. The molecule has 2 aromatic rings. The summed E-state index contributed by atoms with van der Waals surface area (Å²) in [5.74, 6) is 0.468. The molecule has 0 radical (unpaired) electrons. The lowest BCUT2D eigenvalue weighted by atomic mass is 10.4. The van der Waals surface area contributed by atoms with Gasteiger partial charge in [0.2, 0.25) is 0 Å². The first-order valence-electron chi connectivity index (χ1n) is 2.80. The van der Waals surface area contributed by atoms with Crippen molar-refractivity contribution in [2.24, 2.45) is 0 Å². The van der Waals surface area contributed by atoms with Gasteiger partial charge in [-0.1, -0.05) is 0 Å². The summed E-state index contributed by atoms with van der Waals surface area (Å²) >= 11 is 4.56. The number of nitrogens with two attached hydrogens (primary N) is 1. The van der Waals surface area contributed by atoms with Crippen LogP contribution in [-0.4, -0.2) is 14.3 Å². The average molecular weight is 231 g/mol. The third-order valence-corrected chi connectivity index (χ3v) is 2.83. The molecule has 0 aromatic carbocycles. The van der Waals surface area contributed by atoms with Crippen LogP contribution in [0.4, 0.5) is 5.82 Å². The van der Waals surface area contributed by atoms with E-state index in [0.29, 0.717) is 5.82 Å². The van der Waals surface area contributed by atoms with Gasteiger partial charge in [0.15, 0.2) is 0 Å². The minimum atomic E-state index is 0.468. The second-order valence-corrected chi connectivity index (χ2v) is 3.42. The Morgan fingerprint density at radius 3 is 3.00 bits per heavy atom. The van der Waals surface area contributed by atoms with Gasteiger partial charge in [-0.2, -0.15) is 4.37 Å². The van der Waals surface area contributed by atoms with E-state index in [2.05, 4.69) is 30.3 Å². The third-order valence-electron chi connectivity index (χ3n) is 1.26. The summed E-state index contributed by atoms with van der Waals surface area (Å²) in [5.41, 5.74) is 5.59. The fraction of sp³-hybridized carbons (Fsp3) is 0. The van der Waals surface area contributed by atoms with Gasteiger partial charge in [-0.15, -0.1) is 0 Å². The van der Waals surface area contributed by atoms with Gasteiger partial charge >= 0.3 is 0 Å². The van der Waals surface area contributed by atoms with E-state index in [1.807, 2.05) is 0 Å². The summed E-state index contributed by atoms with van der Waals surface area (Å²) in [6.07, 6.45) is 1.43. The normalized spacial score (nSPS) is 10.6. The molecule has 0 aliphatic heterocycles. The first-order valence-corrected chi connectivity index (χ1v) is 4.37. The topological polar surface area (TPSA) is 64.7 Å². The largest absolute Gasteiger partial charge is 0.383 e. The molecule has 56 valence electrons. The van der Waals surface area contributed by atoms with Crippen molar-refractivity contribution in [1.29, 1.82) is 0 Å². The molecule has 2 rings (SSSR count). The number of fused-ring (bicyclic) bond motifs is 1. The lowest BCUT2D eigenvalue weighted by Crippen LogP contribution is -1.90. The van der Waals surface area contributed by atoms with Crippen LogP contribution in [0, 0.1) is 0 Å². The van der Waals surface area contributed by atoms with E-state index >= 15 is 0 Å². The van der Waals surface area contributed by atoms with Crippen LogP contribution in [0.25, 0.3) is 10.2 Å². The number of aromatic nitrogens is 3. The maximum Gasteiger partial charge on any atom is 0.150 e. The summed E-state index contributed by atoms with van der Waals surface area (Å²) < 4.78 is 4.75. The summed E-state index contributed by atoms with van der Waals surface area (Å²) in [5, 5.41) is 0.803. The molecule has 4 nitrogen and oxygen atoms in total. The molecule has 2 aromatic heterocycles. The van der Waals surface area contributed by atoms with E-state index in [1.165, 1.54) is 17.9 Å². The maximum absolute atomic E-state index is 5.59. The first kappa shape index (κ1) is 6.93. The highest BCUT2D eigenvalue weighted by molar-refractivity contribution is 9.10. The Morgan fingerprint density at radius 1 is 1.45 bits per heavy atom. The number of hydrogen-bond donors (Lipinski definition) is 1. The number of halogens is 1. The lowest BCUT2D eigenvalue weighted by molar-refractivity contribution is 1.24. The van der Waals surface area contributed by atoms with Crippen LogP contribution in [0.5, 0.6) is 0 Å². The van der Waals surface area contributed by atoms with Crippen LogP contribution in [0.1, 0.15) is 0 Å². The summed E-state index contributed by atoms with van der Waals surface area (Å²) in [6.45, 7) is 0. The molecule has 0 aliphatic carbocycles. The van der Waals surface area contributed by atoms with E-state index in [4.69, 9.17) is 5.73 Å². The Balaban J connectivity index is 2.96. The van der Waals surface area contributed by atoms with Gasteiger partial charge < -0.3 is 5.73 Å². The van der Waals surface area contributed by atoms with Crippen LogP contribution in [-0.2, 0) is 0 Å². The highest BCUT2D eigenvalue weighted by Crippen LogP contribution is 2.27. The average Bonchev–Trinajstić information content (AvgIpc) is 2.34. The Labute approximate surface area is 74.8 Å². The molecule has 2 N–H and O–H groups in total. The van der Waals surface area contributed by atoms with Gasteiger partial charge in [-0.3, -0.25) is 0 Å². The molecule has 0 amide bonds. The molecule has 0 bridgehead atoms. The van der Waals surface area contributed by atoms with E-state index < -0.39 is 0 Å². The summed E-state index contributed by atoms with van der Waals surface area (Å²) in [4.78, 5) is 8.65. The number of anilines is 1. The van der Waals surface area contributed by atoms with E-state index in [1.54, 1.807) is 0 Å². The van der Waals surface area contributed by atoms with Gasteiger partial charge in [0.05, 0.1) is 5.39 Å². The second-order valence-electron chi connectivity index (χ2n) is 1.91. The standard InChI is InChI=1S/C5H3BrN4S/c6-3-2-4(7)8-1-9-5(2)11-10-3/h1H,(H2,7,8,9). The van der Waals surface area contributed by atoms with Gasteiger partial charge in [0.25, 0.3) is 0 Å². The SMILES string of the molecule is Nc1ncnc2snc(Br)c12. The fourth-order valence-corrected chi connectivity index (χ4v) is 2.16. The Kier molecular flexibility index (Phi) is 1.50. The molecule has 2 heterocycles. The molecule has 0 fully saturated rings. The second kappa shape index (κ2) is 2.38. The zero-order valence-electron chi connectivity index (χ0n) is 5.28. The van der Waals surface area contributed by atoms with Crippen molar-refractivity contribution in [3.8, 4) is 0 Å². The number of nitrogens with zero attached hydrogens (tertiary/aromatic N) is 3. The lowest BCUT2D eigenvalue weighted by Gasteiger charge is -1.91. The summed E-state index contributed by atoms with van der Waals surface area (Å²) in [7, 11) is 0. The van der Waals surface area contributed by atoms with Crippen molar-refractivity contribution in [2.45, 2.75) is 0 Å². The molecule has 0 aliphatic rings. The van der Waals surface area contributed by atoms with Crippen molar-refractivity contribution >= 4 is 43.5 Å². The molecule has 0 saturated carbocycles. The van der Waals surface area contributed by atoms with Crippen molar-refractivity contribution in [2.75, 3.05) is 5.73 Å². The smallest absolute Gasteiger partial charge is 0.150 e. The highest BCUT2D eigenvalue weighted by Gasteiger charge is 2.07. The van der Waals surface area contributed by atoms with Gasteiger partial charge in [-0.05, 0) is 27.5 Å². The maximum atomic E-state index is 5.59. The minimum Gasteiger partial charge on any atom is -0.383 e. The predicted molar refractivity (Wildman–Crippen MR) is 47.3 cm³/mol. The molecule has 11 heavy (non-hydrogen) atoms. The first-order chi connectivity index (χ1) is 5.29. The highest BCUT2D eigenvalue weighted by atomic mass is 79.9. The molecule has 0 spiro atoms. The molecular formula is C5H3BrN4S. The Bertz CT molecular complexity index is 398. The van der Waals surface area contributed by atoms with Crippen molar-refractivity contribution in [3.05, 3.63) is 10.9 Å². The number of nitrogen functional groups attached to an aromatic ring is 1. The molecule has 0 atom stereocenters. The van der Waals surface area contributed by atoms with Crippen LogP contribution in [0.15, 0.2) is 10.9 Å². The Hall–Kier alpha value is -0.750. The van der Waals surface area contributed by atoms with Crippen LogP contribution in [0.2, 0.25) is 0 Å². The third kappa shape index (κ3) is 0.982. The Morgan fingerprint density at radius 2 is 2.27 bits per heavy atom. The van der Waals surface area contributed by atoms with Crippen molar-refractivity contribution in [3.63, 3.8) is 0 Å². The van der Waals surface area contributed by atoms with E-state index in [9.17, 15) is 0 Å². The number of hydrogen-bond acceptors (Lipinski definition) is 5. The quantitative estimate of drug-likeness (QED) is 0.744. The molecule has 6 heteroatoms. The van der Waals surface area contributed by atoms with Crippen molar-refractivity contribution < 1.29 is 0 Å². The molecule has 0 unspecified atom stereocenters. The van der Waals surface area contributed by atoms with E-state index in [-0.39, 0.29) is 0 Å². The van der Waals surface area contributed by atoms with Crippen LogP contribution in [0.3, 0.4) is 0 Å². The van der Waals surface area contributed by atoms with Gasteiger partial charge in [0.1, 0.15) is 21.6 Å². The van der Waals surface area contributed by atoms with Gasteiger partial charge in [0, 0.05) is 0 Å². The summed E-state index contributed by atoms with van der Waals surface area (Å²) in [6, 6.07) is 0. The predicted octanol–water partition coefficient (Wildman–Crippen LogP) is 1.43. The fourth-order valence-electron chi connectivity index (χ4n) is 0.774. The zero-order valence-corrected chi connectivity index (χ0v) is 7.69. The van der Waals surface area contributed by atoms with Crippen LogP contribution >= 0.6 is 27.5 Å². The molecule has 0 saturated heterocycles. The van der Waals surface area contributed by atoms with Crippen LogP contribution < -0.4 is 5.73 Å². The molecular weight excluding hydrogens is 228 g/mol. The zero-order chi connectivity index (χ0) is 7.84. The van der Waals surface area contributed by atoms with E-state index in [0.717, 1.165) is 14.8 Å². The van der Waals surface area contributed by atoms with Crippen molar-refractivity contribution in [1.82, 2.24) is 14.3 Å².